The van der Waals surface area contributed by atoms with Crippen molar-refractivity contribution in [1.29, 1.82) is 0 Å². The summed E-state index contributed by atoms with van der Waals surface area (Å²) in [7, 11) is 0. The van der Waals surface area contributed by atoms with Crippen LogP contribution in [0.5, 0.6) is 0 Å². The summed E-state index contributed by atoms with van der Waals surface area (Å²) in [6.45, 7) is 3.01. The molecule has 2 rings (SSSR count). The zero-order valence-corrected chi connectivity index (χ0v) is 10.9. The van der Waals surface area contributed by atoms with E-state index in [4.69, 9.17) is 6.42 Å². The van der Waals surface area contributed by atoms with Crippen molar-refractivity contribution in [3.63, 3.8) is 0 Å². The maximum atomic E-state index is 13.3. The lowest BCUT2D eigenvalue weighted by Crippen LogP contribution is -2.29. The molecular formula is C16H11F4N. The quantitative estimate of drug-likeness (QED) is 0.602. The van der Waals surface area contributed by atoms with E-state index in [0.717, 1.165) is 17.0 Å². The van der Waals surface area contributed by atoms with Gasteiger partial charge in [0.25, 0.3) is 6.43 Å². The standard InChI is InChI=1S/C16H11F4N/c1-3-11-4-5-15(21(10(11)2)9-16(19)20)12-6-13(17)8-14(18)7-12/h1,4-8,16H,2,9H2. The summed E-state index contributed by atoms with van der Waals surface area (Å²) in [6, 6.07) is 2.84. The molecule has 1 heterocycles. The van der Waals surface area contributed by atoms with Gasteiger partial charge in [0.2, 0.25) is 0 Å². The van der Waals surface area contributed by atoms with Crippen molar-refractivity contribution in [3.8, 4) is 12.3 Å². The average molecular weight is 293 g/mol. The number of hydrogen-bond acceptors (Lipinski definition) is 1. The first-order valence-electron chi connectivity index (χ1n) is 6.02. The number of hydrogen-bond donors (Lipinski definition) is 0. The van der Waals surface area contributed by atoms with Crippen molar-refractivity contribution in [2.75, 3.05) is 6.54 Å². The molecule has 0 saturated heterocycles. The summed E-state index contributed by atoms with van der Waals surface area (Å²) < 4.78 is 52.1. The number of benzene rings is 1. The average Bonchev–Trinajstić information content (AvgIpc) is 2.39. The Morgan fingerprint density at radius 1 is 1.14 bits per heavy atom. The van der Waals surface area contributed by atoms with Crippen LogP contribution in [0.3, 0.4) is 0 Å². The third-order valence-corrected chi connectivity index (χ3v) is 2.97. The second-order valence-corrected chi connectivity index (χ2v) is 4.38. The maximum absolute atomic E-state index is 13.3. The van der Waals surface area contributed by atoms with E-state index in [1.165, 1.54) is 12.2 Å². The Balaban J connectivity index is 2.52. The lowest BCUT2D eigenvalue weighted by molar-refractivity contribution is 0.123. The molecule has 0 atom stereocenters. The van der Waals surface area contributed by atoms with Crippen LogP contribution < -0.4 is 0 Å². The Kier molecular flexibility index (Phi) is 4.18. The van der Waals surface area contributed by atoms with Gasteiger partial charge >= 0.3 is 0 Å². The molecule has 1 nitrogen and oxygen atoms in total. The summed E-state index contributed by atoms with van der Waals surface area (Å²) in [5.41, 5.74) is 0.899. The molecule has 0 aromatic heterocycles. The lowest BCUT2D eigenvalue weighted by Gasteiger charge is -2.31. The van der Waals surface area contributed by atoms with E-state index in [1.54, 1.807) is 0 Å². The minimum Gasteiger partial charge on any atom is -0.335 e. The van der Waals surface area contributed by atoms with Crippen LogP contribution in [0.25, 0.3) is 5.70 Å². The first-order chi connectivity index (χ1) is 9.92. The van der Waals surface area contributed by atoms with Crippen LogP contribution in [-0.4, -0.2) is 17.9 Å². The number of rotatable bonds is 3. The van der Waals surface area contributed by atoms with E-state index >= 15 is 0 Å². The fraction of sp³-hybridized carbons (Fsp3) is 0.125. The monoisotopic (exact) mass is 293 g/mol. The zero-order valence-electron chi connectivity index (χ0n) is 10.9. The molecule has 21 heavy (non-hydrogen) atoms. The Morgan fingerprint density at radius 3 is 2.29 bits per heavy atom. The van der Waals surface area contributed by atoms with Crippen LogP contribution in [0.4, 0.5) is 17.6 Å². The van der Waals surface area contributed by atoms with E-state index in [2.05, 4.69) is 12.5 Å². The van der Waals surface area contributed by atoms with Crippen LogP contribution >= 0.6 is 0 Å². The molecule has 0 amide bonds. The van der Waals surface area contributed by atoms with Gasteiger partial charge in [-0.05, 0) is 24.3 Å². The fourth-order valence-electron chi connectivity index (χ4n) is 2.07. The molecule has 0 aliphatic carbocycles. The summed E-state index contributed by atoms with van der Waals surface area (Å²) in [5, 5.41) is 0. The van der Waals surface area contributed by atoms with Crippen LogP contribution in [0.2, 0.25) is 0 Å². The zero-order chi connectivity index (χ0) is 15.6. The molecule has 1 aliphatic rings. The SMILES string of the molecule is C#CC1=CC=C(c2cc(F)cc(F)c2)N(CC(F)F)C1=C. The summed E-state index contributed by atoms with van der Waals surface area (Å²) >= 11 is 0. The summed E-state index contributed by atoms with van der Waals surface area (Å²) in [4.78, 5) is 1.16. The smallest absolute Gasteiger partial charge is 0.256 e. The van der Waals surface area contributed by atoms with E-state index in [1.807, 2.05) is 0 Å². The van der Waals surface area contributed by atoms with Gasteiger partial charge in [-0.25, -0.2) is 17.6 Å². The molecular weight excluding hydrogens is 282 g/mol. The highest BCUT2D eigenvalue weighted by Crippen LogP contribution is 2.31. The maximum Gasteiger partial charge on any atom is 0.256 e. The third kappa shape index (κ3) is 3.16. The molecule has 0 fully saturated rings. The van der Waals surface area contributed by atoms with Crippen molar-refractivity contribution >= 4 is 5.70 Å². The predicted octanol–water partition coefficient (Wildman–Crippen LogP) is 3.96. The Morgan fingerprint density at radius 2 is 1.76 bits per heavy atom. The molecule has 0 N–H and O–H groups in total. The Hall–Kier alpha value is -2.48. The van der Waals surface area contributed by atoms with Crippen LogP contribution in [-0.2, 0) is 0 Å². The van der Waals surface area contributed by atoms with Crippen molar-refractivity contribution in [2.45, 2.75) is 6.43 Å². The van der Waals surface area contributed by atoms with Crippen molar-refractivity contribution in [2.24, 2.45) is 0 Å². The van der Waals surface area contributed by atoms with Crippen LogP contribution in [0.15, 0.2) is 48.2 Å². The minimum absolute atomic E-state index is 0.140. The van der Waals surface area contributed by atoms with Gasteiger partial charge in [0.05, 0.1) is 6.54 Å². The van der Waals surface area contributed by atoms with Gasteiger partial charge in [0.1, 0.15) is 11.6 Å². The van der Waals surface area contributed by atoms with E-state index in [9.17, 15) is 17.6 Å². The molecule has 0 spiro atoms. The largest absolute Gasteiger partial charge is 0.335 e. The molecule has 1 aliphatic heterocycles. The Labute approximate surface area is 119 Å². The van der Waals surface area contributed by atoms with Crippen molar-refractivity contribution in [1.82, 2.24) is 4.90 Å². The molecule has 0 unspecified atom stereocenters. The van der Waals surface area contributed by atoms with E-state index < -0.39 is 24.6 Å². The summed E-state index contributed by atoms with van der Waals surface area (Å²) in [6.07, 6.45) is 5.57. The summed E-state index contributed by atoms with van der Waals surface area (Å²) in [5.74, 6) is 0.751. The van der Waals surface area contributed by atoms with Crippen LogP contribution in [0.1, 0.15) is 5.56 Å². The highest BCUT2D eigenvalue weighted by atomic mass is 19.3. The van der Waals surface area contributed by atoms with Gasteiger partial charge in [-0.2, -0.15) is 0 Å². The van der Waals surface area contributed by atoms with Gasteiger partial charge in [-0.15, -0.1) is 6.42 Å². The number of terminal acetylenes is 1. The normalized spacial score (nSPS) is 14.9. The Bertz CT molecular complexity index is 660. The highest BCUT2D eigenvalue weighted by Gasteiger charge is 2.24. The van der Waals surface area contributed by atoms with Gasteiger partial charge in [-0.1, -0.05) is 12.5 Å². The first kappa shape index (κ1) is 14.9. The number of halogens is 4. The van der Waals surface area contributed by atoms with E-state index in [0.29, 0.717) is 11.6 Å². The van der Waals surface area contributed by atoms with E-state index in [-0.39, 0.29) is 17.0 Å². The fourth-order valence-corrected chi connectivity index (χ4v) is 2.07. The second-order valence-electron chi connectivity index (χ2n) is 4.38. The van der Waals surface area contributed by atoms with Gasteiger partial charge in [0.15, 0.2) is 0 Å². The lowest BCUT2D eigenvalue weighted by atomic mass is 10.0. The molecule has 0 bridgehead atoms. The van der Waals surface area contributed by atoms with Gasteiger partial charge in [-0.3, -0.25) is 0 Å². The minimum atomic E-state index is -2.65. The third-order valence-electron chi connectivity index (χ3n) is 2.97. The molecule has 0 saturated carbocycles. The number of alkyl halides is 2. The van der Waals surface area contributed by atoms with Crippen LogP contribution in [0, 0.1) is 24.0 Å². The molecule has 1 aromatic carbocycles. The number of nitrogens with zero attached hydrogens (tertiary/aromatic N) is 1. The molecule has 5 heteroatoms. The second kappa shape index (κ2) is 5.88. The van der Waals surface area contributed by atoms with Crippen molar-refractivity contribution < 1.29 is 17.6 Å². The molecule has 108 valence electrons. The first-order valence-corrected chi connectivity index (χ1v) is 6.02. The predicted molar refractivity (Wildman–Crippen MR) is 73.1 cm³/mol. The van der Waals surface area contributed by atoms with Gasteiger partial charge < -0.3 is 4.90 Å². The van der Waals surface area contributed by atoms with Crippen molar-refractivity contribution in [3.05, 3.63) is 65.4 Å². The molecule has 0 radical (unpaired) electrons. The molecule has 1 aromatic rings. The highest BCUT2D eigenvalue weighted by molar-refractivity contribution is 5.72. The van der Waals surface area contributed by atoms with Gasteiger partial charge in [0, 0.05) is 28.6 Å². The number of allylic oxidation sites excluding steroid dienone is 3. The topological polar surface area (TPSA) is 3.24 Å².